The zero-order valence-electron chi connectivity index (χ0n) is 16.9. The van der Waals surface area contributed by atoms with Gasteiger partial charge in [0.25, 0.3) is 11.4 Å². The second kappa shape index (κ2) is 7.91. The molecule has 0 radical (unpaired) electrons. The third kappa shape index (κ3) is 3.48. The topological polar surface area (TPSA) is 70.2 Å². The number of pyridine rings is 1. The first-order valence-electron chi connectivity index (χ1n) is 10.0. The van der Waals surface area contributed by atoms with Gasteiger partial charge in [0, 0.05) is 28.2 Å². The number of hydrogen-bond donors (Lipinski definition) is 0. The Balaban J connectivity index is 1.67. The zero-order chi connectivity index (χ0) is 21.2. The smallest absolute Gasteiger partial charge is 0.262 e. The fourth-order valence-corrected chi connectivity index (χ4v) is 3.56. The van der Waals surface area contributed by atoms with Gasteiger partial charge in [-0.1, -0.05) is 53.7 Å². The summed E-state index contributed by atoms with van der Waals surface area (Å²) in [6.07, 6.45) is 1.75. The Kier molecular flexibility index (Phi) is 4.80. The molecule has 31 heavy (non-hydrogen) atoms. The molecule has 0 aliphatic rings. The van der Waals surface area contributed by atoms with Crippen LogP contribution in [0.1, 0.15) is 6.92 Å². The van der Waals surface area contributed by atoms with Gasteiger partial charge in [-0.15, -0.1) is 0 Å². The van der Waals surface area contributed by atoms with Crippen LogP contribution in [-0.2, 0) is 0 Å². The molecule has 0 unspecified atom stereocenters. The monoisotopic (exact) mass is 409 g/mol. The van der Waals surface area contributed by atoms with E-state index in [0.717, 1.165) is 22.4 Å². The molecule has 0 N–H and O–H groups in total. The van der Waals surface area contributed by atoms with Crippen molar-refractivity contribution in [1.82, 2.24) is 14.7 Å². The van der Waals surface area contributed by atoms with Crippen LogP contribution in [0.15, 0.2) is 94.4 Å². The third-order valence-corrected chi connectivity index (χ3v) is 5.04. The summed E-state index contributed by atoms with van der Waals surface area (Å²) >= 11 is 0. The van der Waals surface area contributed by atoms with E-state index in [1.54, 1.807) is 16.8 Å². The lowest BCUT2D eigenvalue weighted by molar-refractivity contribution is 0.340. The van der Waals surface area contributed by atoms with E-state index in [2.05, 4.69) is 10.1 Å². The Bertz CT molecular complexity index is 1400. The molecule has 0 spiro atoms. The standard InChI is InChI=1S/C25H19N3O3/c1-2-30-19-14-12-18(13-15-19)28-16-22(20-10-6-7-11-21(20)25(28)29)24-26-23(27-31-24)17-8-4-3-5-9-17/h3-16H,2H2,1H3. The molecule has 0 aliphatic heterocycles. The number of fused-ring (bicyclic) bond motifs is 1. The van der Waals surface area contributed by atoms with Gasteiger partial charge < -0.3 is 9.26 Å². The molecular weight excluding hydrogens is 390 g/mol. The zero-order valence-corrected chi connectivity index (χ0v) is 16.9. The van der Waals surface area contributed by atoms with E-state index in [4.69, 9.17) is 9.26 Å². The summed E-state index contributed by atoms with van der Waals surface area (Å²) in [5, 5.41) is 5.48. The number of aromatic nitrogens is 3. The van der Waals surface area contributed by atoms with Crippen LogP contribution in [0.3, 0.4) is 0 Å². The molecule has 5 aromatic rings. The summed E-state index contributed by atoms with van der Waals surface area (Å²) in [5.74, 6) is 1.61. The second-order valence-corrected chi connectivity index (χ2v) is 6.98. The van der Waals surface area contributed by atoms with Gasteiger partial charge in [0.05, 0.1) is 12.2 Å². The predicted octanol–water partition coefficient (Wildman–Crippen LogP) is 5.11. The Morgan fingerprint density at radius 3 is 2.35 bits per heavy atom. The SMILES string of the molecule is CCOc1ccc(-n2cc(-c3nc(-c4ccccc4)no3)c3ccccc3c2=O)cc1. The quantitative estimate of drug-likeness (QED) is 0.404. The summed E-state index contributed by atoms with van der Waals surface area (Å²) in [7, 11) is 0. The second-order valence-electron chi connectivity index (χ2n) is 6.98. The summed E-state index contributed by atoms with van der Waals surface area (Å²) in [5.41, 5.74) is 2.16. The molecule has 6 nitrogen and oxygen atoms in total. The van der Waals surface area contributed by atoms with Crippen molar-refractivity contribution in [2.24, 2.45) is 0 Å². The van der Waals surface area contributed by atoms with Crippen LogP contribution in [0.2, 0.25) is 0 Å². The van der Waals surface area contributed by atoms with Crippen molar-refractivity contribution in [1.29, 1.82) is 0 Å². The molecule has 152 valence electrons. The minimum atomic E-state index is -0.119. The molecular formula is C25H19N3O3. The molecule has 0 amide bonds. The van der Waals surface area contributed by atoms with Gasteiger partial charge in [-0.05, 0) is 37.3 Å². The highest BCUT2D eigenvalue weighted by Gasteiger charge is 2.17. The van der Waals surface area contributed by atoms with E-state index in [-0.39, 0.29) is 5.56 Å². The summed E-state index contributed by atoms with van der Waals surface area (Å²) < 4.78 is 12.7. The van der Waals surface area contributed by atoms with E-state index in [1.165, 1.54) is 0 Å². The molecule has 0 fully saturated rings. The lowest BCUT2D eigenvalue weighted by Gasteiger charge is -2.11. The molecule has 6 heteroatoms. The highest BCUT2D eigenvalue weighted by molar-refractivity contribution is 5.94. The Morgan fingerprint density at radius 1 is 0.903 bits per heavy atom. The average molecular weight is 409 g/mol. The first kappa shape index (κ1) is 18.8. The van der Waals surface area contributed by atoms with Gasteiger partial charge in [-0.2, -0.15) is 4.98 Å². The fourth-order valence-electron chi connectivity index (χ4n) is 3.56. The maximum absolute atomic E-state index is 13.2. The van der Waals surface area contributed by atoms with Crippen molar-refractivity contribution < 1.29 is 9.26 Å². The fraction of sp³-hybridized carbons (Fsp3) is 0.0800. The molecule has 2 heterocycles. The third-order valence-electron chi connectivity index (χ3n) is 5.04. The summed E-state index contributed by atoms with van der Waals surface area (Å²) in [6.45, 7) is 2.52. The Hall–Kier alpha value is -4.19. The number of ether oxygens (including phenoxy) is 1. The Morgan fingerprint density at radius 2 is 1.61 bits per heavy atom. The predicted molar refractivity (Wildman–Crippen MR) is 119 cm³/mol. The maximum Gasteiger partial charge on any atom is 0.262 e. The van der Waals surface area contributed by atoms with Crippen LogP contribution in [0, 0.1) is 0 Å². The van der Waals surface area contributed by atoms with E-state index in [9.17, 15) is 4.79 Å². The van der Waals surface area contributed by atoms with Crippen LogP contribution in [0.4, 0.5) is 0 Å². The van der Waals surface area contributed by atoms with Crippen LogP contribution >= 0.6 is 0 Å². The average Bonchev–Trinajstić information content (AvgIpc) is 3.31. The van der Waals surface area contributed by atoms with Gasteiger partial charge in [-0.3, -0.25) is 9.36 Å². The highest BCUT2D eigenvalue weighted by Crippen LogP contribution is 2.28. The number of nitrogens with zero attached hydrogens (tertiary/aromatic N) is 3. The largest absolute Gasteiger partial charge is 0.494 e. The first-order chi connectivity index (χ1) is 15.2. The van der Waals surface area contributed by atoms with Crippen molar-refractivity contribution >= 4 is 10.8 Å². The van der Waals surface area contributed by atoms with E-state index < -0.39 is 0 Å². The van der Waals surface area contributed by atoms with Gasteiger partial charge in [0.2, 0.25) is 5.82 Å². The molecule has 3 aromatic carbocycles. The van der Waals surface area contributed by atoms with Crippen LogP contribution in [0.25, 0.3) is 39.3 Å². The van der Waals surface area contributed by atoms with Gasteiger partial charge >= 0.3 is 0 Å². The highest BCUT2D eigenvalue weighted by atomic mass is 16.5. The minimum absolute atomic E-state index is 0.119. The molecule has 0 aliphatic carbocycles. The molecule has 0 bridgehead atoms. The van der Waals surface area contributed by atoms with Crippen LogP contribution in [-0.4, -0.2) is 21.3 Å². The van der Waals surface area contributed by atoms with Crippen molar-refractivity contribution in [2.45, 2.75) is 6.92 Å². The lowest BCUT2D eigenvalue weighted by Crippen LogP contribution is -2.18. The van der Waals surface area contributed by atoms with Crippen LogP contribution < -0.4 is 10.3 Å². The molecule has 0 saturated carbocycles. The van der Waals surface area contributed by atoms with E-state index in [0.29, 0.717) is 29.3 Å². The molecule has 2 aromatic heterocycles. The van der Waals surface area contributed by atoms with Gasteiger partial charge in [0.15, 0.2) is 0 Å². The van der Waals surface area contributed by atoms with Crippen LogP contribution in [0.5, 0.6) is 5.75 Å². The summed E-state index contributed by atoms with van der Waals surface area (Å²) in [6, 6.07) is 24.5. The van der Waals surface area contributed by atoms with Gasteiger partial charge in [-0.25, -0.2) is 0 Å². The molecule has 0 saturated heterocycles. The Labute approximate surface area is 178 Å². The number of benzene rings is 3. The normalized spacial score (nSPS) is 11.0. The summed E-state index contributed by atoms with van der Waals surface area (Å²) in [4.78, 5) is 17.8. The van der Waals surface area contributed by atoms with Crippen molar-refractivity contribution in [3.8, 4) is 34.3 Å². The molecule has 0 atom stereocenters. The molecule has 5 rings (SSSR count). The number of rotatable bonds is 5. The van der Waals surface area contributed by atoms with Crippen molar-refractivity contribution in [3.05, 3.63) is 95.4 Å². The van der Waals surface area contributed by atoms with Gasteiger partial charge in [0.1, 0.15) is 5.75 Å². The van der Waals surface area contributed by atoms with E-state index in [1.807, 2.05) is 79.7 Å². The maximum atomic E-state index is 13.2. The first-order valence-corrected chi connectivity index (χ1v) is 10.0. The van der Waals surface area contributed by atoms with Crippen molar-refractivity contribution in [3.63, 3.8) is 0 Å². The number of hydrogen-bond acceptors (Lipinski definition) is 5. The van der Waals surface area contributed by atoms with Crippen molar-refractivity contribution in [2.75, 3.05) is 6.61 Å². The van der Waals surface area contributed by atoms with E-state index >= 15 is 0 Å². The lowest BCUT2D eigenvalue weighted by atomic mass is 10.1. The minimum Gasteiger partial charge on any atom is -0.494 e.